The van der Waals surface area contributed by atoms with Gasteiger partial charge in [0.25, 0.3) is 5.91 Å². The van der Waals surface area contributed by atoms with E-state index in [1.807, 2.05) is 0 Å². The quantitative estimate of drug-likeness (QED) is 0.500. The van der Waals surface area contributed by atoms with E-state index in [1.165, 1.54) is 24.4 Å². The van der Waals surface area contributed by atoms with Crippen molar-refractivity contribution in [3.63, 3.8) is 0 Å². The fourth-order valence-corrected chi connectivity index (χ4v) is 1.61. The summed E-state index contributed by atoms with van der Waals surface area (Å²) in [4.78, 5) is 16.0. The van der Waals surface area contributed by atoms with Crippen LogP contribution in [0.1, 0.15) is 16.1 Å². The van der Waals surface area contributed by atoms with Crippen molar-refractivity contribution < 1.29 is 9.18 Å². The van der Waals surface area contributed by atoms with Gasteiger partial charge in [0.1, 0.15) is 11.5 Å². The van der Waals surface area contributed by atoms with Gasteiger partial charge in [0.2, 0.25) is 0 Å². The second-order valence-corrected chi connectivity index (χ2v) is 3.82. The number of aromatic nitrogens is 1. The van der Waals surface area contributed by atoms with E-state index >= 15 is 0 Å². The molecule has 2 N–H and O–H groups in total. The summed E-state index contributed by atoms with van der Waals surface area (Å²) in [5.41, 5.74) is 1.28. The van der Waals surface area contributed by atoms with Crippen molar-refractivity contribution in [1.82, 2.24) is 4.98 Å². The van der Waals surface area contributed by atoms with Crippen LogP contribution < -0.4 is 10.9 Å². The maximum atomic E-state index is 13.0. The first-order valence-electron chi connectivity index (χ1n) is 5.36. The highest BCUT2D eigenvalue weighted by Gasteiger charge is 2.16. The number of anilines is 1. The molecule has 0 aliphatic carbocycles. The van der Waals surface area contributed by atoms with Gasteiger partial charge < -0.3 is 0 Å². The molecule has 0 bridgehead atoms. The lowest BCUT2D eigenvalue weighted by Gasteiger charge is -2.18. The fraction of sp³-hybridized carbons (Fsp3) is 0.0769. The predicted molar refractivity (Wildman–Crippen MR) is 66.4 cm³/mol. The summed E-state index contributed by atoms with van der Waals surface area (Å²) in [5.74, 6) is 4.94. The molecule has 4 nitrogen and oxygen atoms in total. The number of nitrogens with zero attached hydrogens (tertiary/aromatic N) is 2. The van der Waals surface area contributed by atoms with Gasteiger partial charge in [0.05, 0.1) is 5.69 Å². The van der Waals surface area contributed by atoms with Crippen LogP contribution in [0.3, 0.4) is 0 Å². The van der Waals surface area contributed by atoms with E-state index in [4.69, 9.17) is 5.84 Å². The summed E-state index contributed by atoms with van der Waals surface area (Å²) in [5, 5.41) is 0.969. The summed E-state index contributed by atoms with van der Waals surface area (Å²) in [6.07, 6.45) is 1.51. The van der Waals surface area contributed by atoms with Crippen molar-refractivity contribution in [3.8, 4) is 0 Å². The van der Waals surface area contributed by atoms with Crippen LogP contribution in [0.4, 0.5) is 10.1 Å². The van der Waals surface area contributed by atoms with Gasteiger partial charge in [0, 0.05) is 6.20 Å². The van der Waals surface area contributed by atoms with Gasteiger partial charge in [-0.25, -0.2) is 15.2 Å². The highest BCUT2D eigenvalue weighted by atomic mass is 19.1. The van der Waals surface area contributed by atoms with Gasteiger partial charge in [-0.1, -0.05) is 6.07 Å². The maximum Gasteiger partial charge on any atom is 0.291 e. The third kappa shape index (κ3) is 2.36. The molecule has 0 aliphatic rings. The van der Waals surface area contributed by atoms with E-state index in [9.17, 15) is 9.18 Å². The zero-order valence-electron chi connectivity index (χ0n) is 9.80. The largest absolute Gasteiger partial charge is 0.291 e. The van der Waals surface area contributed by atoms with Crippen molar-refractivity contribution in [3.05, 3.63) is 59.7 Å². The molecule has 18 heavy (non-hydrogen) atoms. The van der Waals surface area contributed by atoms with Crippen LogP contribution >= 0.6 is 0 Å². The Bertz CT molecular complexity index is 572. The van der Waals surface area contributed by atoms with E-state index in [2.05, 4.69) is 4.98 Å². The molecule has 0 spiro atoms. The number of amides is 1. The zero-order chi connectivity index (χ0) is 13.1. The Hall–Kier alpha value is -2.27. The molecular weight excluding hydrogens is 233 g/mol. The number of hydrogen-bond donors (Lipinski definition) is 1. The molecule has 0 unspecified atom stereocenters. The van der Waals surface area contributed by atoms with Crippen molar-refractivity contribution in [2.45, 2.75) is 6.92 Å². The van der Waals surface area contributed by atoms with Crippen LogP contribution in [-0.2, 0) is 0 Å². The second-order valence-electron chi connectivity index (χ2n) is 3.82. The number of aryl methyl sites for hydroxylation is 1. The average Bonchev–Trinajstić information content (AvgIpc) is 2.38. The first kappa shape index (κ1) is 12.2. The van der Waals surface area contributed by atoms with Gasteiger partial charge in [-0.15, -0.1) is 0 Å². The van der Waals surface area contributed by atoms with Crippen LogP contribution in [-0.4, -0.2) is 10.9 Å². The minimum absolute atomic E-state index is 0.240. The number of halogens is 1. The van der Waals surface area contributed by atoms with Crippen molar-refractivity contribution in [2.24, 2.45) is 5.84 Å². The number of carbonyl (C=O) groups is 1. The molecule has 0 aliphatic heterocycles. The summed E-state index contributed by atoms with van der Waals surface area (Å²) < 4.78 is 13.0. The van der Waals surface area contributed by atoms with Crippen LogP contribution in [0, 0.1) is 12.7 Å². The number of nitrogens with two attached hydrogens (primary N) is 1. The van der Waals surface area contributed by atoms with Crippen molar-refractivity contribution in [2.75, 3.05) is 5.01 Å². The molecule has 0 fully saturated rings. The topological polar surface area (TPSA) is 59.2 Å². The average molecular weight is 245 g/mol. The van der Waals surface area contributed by atoms with Gasteiger partial charge in [-0.2, -0.15) is 0 Å². The second kappa shape index (κ2) is 4.93. The number of benzene rings is 1. The molecule has 0 radical (unpaired) electrons. The Balaban J connectivity index is 2.31. The molecule has 2 rings (SSSR count). The molecule has 1 aromatic carbocycles. The van der Waals surface area contributed by atoms with Gasteiger partial charge in [0.15, 0.2) is 0 Å². The van der Waals surface area contributed by atoms with E-state index in [0.29, 0.717) is 11.3 Å². The Morgan fingerprint density at radius 2 is 2.11 bits per heavy atom. The molecule has 0 saturated carbocycles. The molecule has 1 aromatic heterocycles. The molecule has 0 saturated heterocycles. The molecular formula is C13H12FN3O. The van der Waals surface area contributed by atoms with Crippen molar-refractivity contribution >= 4 is 11.6 Å². The molecule has 1 heterocycles. The van der Waals surface area contributed by atoms with Crippen LogP contribution in [0.15, 0.2) is 42.6 Å². The highest BCUT2D eigenvalue weighted by Crippen LogP contribution is 2.19. The minimum Gasteiger partial charge on any atom is -0.265 e. The number of carbonyl (C=O) groups excluding carboxylic acids is 1. The first-order chi connectivity index (χ1) is 8.59. The van der Waals surface area contributed by atoms with E-state index in [1.54, 1.807) is 25.1 Å². The molecule has 2 aromatic rings. The SMILES string of the molecule is Cc1cc(F)ccc1N(N)C(=O)c1ccccn1. The lowest BCUT2D eigenvalue weighted by atomic mass is 10.2. The highest BCUT2D eigenvalue weighted by molar-refractivity contribution is 6.04. The Kier molecular flexibility index (Phi) is 3.34. The molecule has 92 valence electrons. The lowest BCUT2D eigenvalue weighted by Crippen LogP contribution is -2.38. The van der Waals surface area contributed by atoms with Gasteiger partial charge in [-0.05, 0) is 42.8 Å². The summed E-state index contributed by atoms with van der Waals surface area (Å²) in [6.45, 7) is 1.68. The number of hydrogen-bond acceptors (Lipinski definition) is 3. The Morgan fingerprint density at radius 3 is 2.72 bits per heavy atom. The molecule has 1 amide bonds. The minimum atomic E-state index is -0.440. The molecule has 5 heteroatoms. The van der Waals surface area contributed by atoms with Crippen molar-refractivity contribution in [1.29, 1.82) is 0 Å². The van der Waals surface area contributed by atoms with Crippen LogP contribution in [0.5, 0.6) is 0 Å². The monoisotopic (exact) mass is 245 g/mol. The summed E-state index contributed by atoms with van der Waals surface area (Å²) in [7, 11) is 0. The smallest absolute Gasteiger partial charge is 0.265 e. The Labute approximate surface area is 104 Å². The van der Waals surface area contributed by atoms with E-state index in [-0.39, 0.29) is 11.5 Å². The molecule has 0 atom stereocenters. The predicted octanol–water partition coefficient (Wildman–Crippen LogP) is 2.05. The number of pyridine rings is 1. The first-order valence-corrected chi connectivity index (χ1v) is 5.36. The van der Waals surface area contributed by atoms with E-state index < -0.39 is 5.91 Å². The van der Waals surface area contributed by atoms with Gasteiger partial charge in [-0.3, -0.25) is 9.78 Å². The fourth-order valence-electron chi connectivity index (χ4n) is 1.61. The summed E-state index contributed by atoms with van der Waals surface area (Å²) >= 11 is 0. The van der Waals surface area contributed by atoms with Gasteiger partial charge >= 0.3 is 0 Å². The normalized spacial score (nSPS) is 10.2. The Morgan fingerprint density at radius 1 is 1.33 bits per heavy atom. The van der Waals surface area contributed by atoms with E-state index in [0.717, 1.165) is 5.01 Å². The number of hydrazine groups is 1. The van der Waals surface area contributed by atoms with Crippen LogP contribution in [0.2, 0.25) is 0 Å². The zero-order valence-corrected chi connectivity index (χ0v) is 9.80. The third-order valence-electron chi connectivity index (χ3n) is 2.52. The van der Waals surface area contributed by atoms with Crippen LogP contribution in [0.25, 0.3) is 0 Å². The summed E-state index contributed by atoms with van der Waals surface area (Å²) in [6, 6.07) is 9.02. The lowest BCUT2D eigenvalue weighted by molar-refractivity contribution is 0.0982. The maximum absolute atomic E-state index is 13.0. The third-order valence-corrected chi connectivity index (χ3v) is 2.52. The number of rotatable bonds is 2. The standard InChI is InChI=1S/C13H12FN3O/c1-9-8-10(14)5-6-12(9)17(15)13(18)11-4-2-3-7-16-11/h2-8H,15H2,1H3.